The summed E-state index contributed by atoms with van der Waals surface area (Å²) in [4.78, 5) is 30.3. The molecule has 0 saturated carbocycles. The zero-order valence-electron chi connectivity index (χ0n) is 17.9. The zero-order valence-corrected chi connectivity index (χ0v) is 19.4. The van der Waals surface area contributed by atoms with E-state index in [0.29, 0.717) is 26.2 Å². The Bertz CT molecular complexity index is 881. The van der Waals surface area contributed by atoms with Crippen molar-refractivity contribution in [3.63, 3.8) is 0 Å². The molecular formula is C23H28ClFN2O3S. The first kappa shape index (κ1) is 23.7. The van der Waals surface area contributed by atoms with Crippen LogP contribution in [0.3, 0.4) is 0 Å². The largest absolute Gasteiger partial charge is 0.376 e. The van der Waals surface area contributed by atoms with Gasteiger partial charge in [-0.1, -0.05) is 12.1 Å². The number of ether oxygens (including phenoxy) is 1. The molecule has 1 saturated heterocycles. The highest BCUT2D eigenvalue weighted by molar-refractivity contribution is 7.10. The summed E-state index contributed by atoms with van der Waals surface area (Å²) in [6, 6.07) is 8.14. The minimum absolute atomic E-state index is 0.0681. The van der Waals surface area contributed by atoms with Gasteiger partial charge in [-0.05, 0) is 61.4 Å². The molecule has 3 rings (SSSR count). The number of nitrogens with zero attached hydrogens (tertiary/aromatic N) is 2. The second-order valence-electron chi connectivity index (χ2n) is 7.87. The van der Waals surface area contributed by atoms with Crippen LogP contribution in [0.15, 0.2) is 35.7 Å². The molecule has 8 heteroatoms. The molecule has 2 aromatic rings. The Morgan fingerprint density at radius 2 is 1.97 bits per heavy atom. The molecule has 0 N–H and O–H groups in total. The van der Waals surface area contributed by atoms with Crippen LogP contribution in [0.5, 0.6) is 0 Å². The zero-order chi connectivity index (χ0) is 22.4. The summed E-state index contributed by atoms with van der Waals surface area (Å²) in [7, 11) is 0. The first-order valence-electron chi connectivity index (χ1n) is 10.4. The van der Waals surface area contributed by atoms with E-state index in [0.717, 1.165) is 28.8 Å². The molecule has 2 heterocycles. The van der Waals surface area contributed by atoms with E-state index in [1.165, 1.54) is 17.0 Å². The molecule has 2 atom stereocenters. The number of hydrogen-bond acceptors (Lipinski definition) is 4. The highest BCUT2D eigenvalue weighted by Crippen LogP contribution is 2.21. The molecular weight excluding hydrogens is 439 g/mol. The van der Waals surface area contributed by atoms with Crippen molar-refractivity contribution in [1.29, 1.82) is 0 Å². The van der Waals surface area contributed by atoms with Crippen molar-refractivity contribution < 1.29 is 18.7 Å². The molecule has 0 bridgehead atoms. The number of halogens is 2. The predicted molar refractivity (Wildman–Crippen MR) is 121 cm³/mol. The lowest BCUT2D eigenvalue weighted by Crippen LogP contribution is -2.47. The second-order valence-corrected chi connectivity index (χ2v) is 9.53. The number of amides is 2. The lowest BCUT2D eigenvalue weighted by Gasteiger charge is -2.30. The standard InChI is InChI=1S/C23H28ClFN2O3S/c1-16-9-11-31-21(16)14-26(12-18-5-7-19(25)8-6-18)22(28)15-27(23(29)17(2)24)13-20-4-3-10-30-20/h5-9,11,17,20H,3-4,10,12-15H2,1-2H3. The molecule has 1 aliphatic heterocycles. The van der Waals surface area contributed by atoms with Crippen LogP contribution in [-0.2, 0) is 27.4 Å². The Kier molecular flexibility index (Phi) is 8.46. The molecule has 31 heavy (non-hydrogen) atoms. The van der Waals surface area contributed by atoms with E-state index in [1.807, 2.05) is 18.4 Å². The lowest BCUT2D eigenvalue weighted by molar-refractivity contribution is -0.142. The summed E-state index contributed by atoms with van der Waals surface area (Å²) in [5, 5.41) is 1.27. The smallest absolute Gasteiger partial charge is 0.242 e. The van der Waals surface area contributed by atoms with E-state index in [1.54, 1.807) is 35.3 Å². The number of carbonyl (C=O) groups excluding carboxylic acids is 2. The molecule has 0 spiro atoms. The van der Waals surface area contributed by atoms with E-state index >= 15 is 0 Å². The molecule has 0 aliphatic carbocycles. The second kappa shape index (κ2) is 11.1. The number of aryl methyl sites for hydroxylation is 1. The number of hydrogen-bond donors (Lipinski definition) is 0. The van der Waals surface area contributed by atoms with Crippen LogP contribution in [0.2, 0.25) is 0 Å². The normalized spacial score (nSPS) is 16.8. The van der Waals surface area contributed by atoms with Gasteiger partial charge in [0.2, 0.25) is 11.8 Å². The van der Waals surface area contributed by atoms with Crippen molar-refractivity contribution in [2.24, 2.45) is 0 Å². The van der Waals surface area contributed by atoms with Gasteiger partial charge in [-0.15, -0.1) is 22.9 Å². The SMILES string of the molecule is Cc1ccsc1CN(Cc1ccc(F)cc1)C(=O)CN(CC1CCCO1)C(=O)C(C)Cl. The Balaban J connectivity index is 1.77. The fourth-order valence-corrected chi connectivity index (χ4v) is 4.62. The average Bonchev–Trinajstić information content (AvgIpc) is 3.39. The van der Waals surface area contributed by atoms with Gasteiger partial charge in [-0.25, -0.2) is 4.39 Å². The van der Waals surface area contributed by atoms with Gasteiger partial charge < -0.3 is 14.5 Å². The monoisotopic (exact) mass is 466 g/mol. The number of carbonyl (C=O) groups is 2. The quantitative estimate of drug-likeness (QED) is 0.516. The summed E-state index contributed by atoms with van der Waals surface area (Å²) in [5.41, 5.74) is 1.94. The summed E-state index contributed by atoms with van der Waals surface area (Å²) in [6.07, 6.45) is 1.74. The van der Waals surface area contributed by atoms with Crippen LogP contribution < -0.4 is 0 Å². The summed E-state index contributed by atoms with van der Waals surface area (Å²) in [5.74, 6) is -0.777. The van der Waals surface area contributed by atoms with Gasteiger partial charge in [0.1, 0.15) is 11.2 Å². The fourth-order valence-electron chi connectivity index (χ4n) is 3.56. The molecule has 1 aliphatic rings. The minimum Gasteiger partial charge on any atom is -0.376 e. The van der Waals surface area contributed by atoms with Crippen molar-refractivity contribution in [3.8, 4) is 0 Å². The number of alkyl halides is 1. The highest BCUT2D eigenvalue weighted by atomic mass is 35.5. The van der Waals surface area contributed by atoms with Gasteiger partial charge in [0, 0.05) is 24.6 Å². The number of rotatable bonds is 9. The molecule has 2 amide bonds. The molecule has 1 fully saturated rings. The third-order valence-electron chi connectivity index (χ3n) is 5.37. The van der Waals surface area contributed by atoms with Crippen LogP contribution in [0.4, 0.5) is 4.39 Å². The maximum Gasteiger partial charge on any atom is 0.242 e. The molecule has 168 valence electrons. The van der Waals surface area contributed by atoms with Gasteiger partial charge in [0.05, 0.1) is 19.2 Å². The summed E-state index contributed by atoms with van der Waals surface area (Å²) < 4.78 is 19.0. The third-order valence-corrected chi connectivity index (χ3v) is 6.56. The first-order chi connectivity index (χ1) is 14.8. The maximum atomic E-state index is 13.3. The van der Waals surface area contributed by atoms with Gasteiger partial charge in [0.15, 0.2) is 0 Å². The topological polar surface area (TPSA) is 49.9 Å². The van der Waals surface area contributed by atoms with Crippen molar-refractivity contribution in [3.05, 3.63) is 57.5 Å². The molecule has 1 aromatic carbocycles. The Morgan fingerprint density at radius 1 is 1.23 bits per heavy atom. The Hall–Kier alpha value is -1.96. The summed E-state index contributed by atoms with van der Waals surface area (Å²) >= 11 is 7.65. The molecule has 0 radical (unpaired) electrons. The van der Waals surface area contributed by atoms with E-state index in [2.05, 4.69) is 0 Å². The molecule has 5 nitrogen and oxygen atoms in total. The van der Waals surface area contributed by atoms with Crippen LogP contribution in [0.1, 0.15) is 35.8 Å². The van der Waals surface area contributed by atoms with Gasteiger partial charge >= 0.3 is 0 Å². The maximum absolute atomic E-state index is 13.3. The Labute approximate surface area is 191 Å². The van der Waals surface area contributed by atoms with Crippen molar-refractivity contribution >= 4 is 34.8 Å². The summed E-state index contributed by atoms with van der Waals surface area (Å²) in [6.45, 7) is 5.33. The fraction of sp³-hybridized carbons (Fsp3) is 0.478. The van der Waals surface area contributed by atoms with Crippen molar-refractivity contribution in [2.45, 2.75) is 51.3 Å². The van der Waals surface area contributed by atoms with E-state index in [4.69, 9.17) is 16.3 Å². The lowest BCUT2D eigenvalue weighted by atomic mass is 10.2. The van der Waals surface area contributed by atoms with Gasteiger partial charge in [0.25, 0.3) is 0 Å². The predicted octanol–water partition coefficient (Wildman–Crippen LogP) is 4.36. The van der Waals surface area contributed by atoms with Crippen molar-refractivity contribution in [1.82, 2.24) is 9.80 Å². The van der Waals surface area contributed by atoms with Crippen LogP contribution >= 0.6 is 22.9 Å². The first-order valence-corrected chi connectivity index (χ1v) is 11.7. The third kappa shape index (κ3) is 6.76. The number of benzene rings is 1. The van der Waals surface area contributed by atoms with Gasteiger partial charge in [-0.3, -0.25) is 9.59 Å². The van der Waals surface area contributed by atoms with Crippen LogP contribution in [0, 0.1) is 12.7 Å². The minimum atomic E-state index is -0.723. The van der Waals surface area contributed by atoms with Crippen LogP contribution in [0.25, 0.3) is 0 Å². The number of thiophene rings is 1. The highest BCUT2D eigenvalue weighted by Gasteiger charge is 2.28. The van der Waals surface area contributed by atoms with E-state index in [-0.39, 0.29) is 30.3 Å². The van der Waals surface area contributed by atoms with E-state index < -0.39 is 5.38 Å². The van der Waals surface area contributed by atoms with Crippen molar-refractivity contribution in [2.75, 3.05) is 19.7 Å². The van der Waals surface area contributed by atoms with E-state index in [9.17, 15) is 14.0 Å². The molecule has 1 aromatic heterocycles. The van der Waals surface area contributed by atoms with Crippen LogP contribution in [-0.4, -0.2) is 52.8 Å². The van der Waals surface area contributed by atoms with Gasteiger partial charge in [-0.2, -0.15) is 0 Å². The average molecular weight is 467 g/mol. The Morgan fingerprint density at radius 3 is 2.55 bits per heavy atom. The molecule has 2 unspecified atom stereocenters.